The van der Waals surface area contributed by atoms with Crippen molar-refractivity contribution in [2.45, 2.75) is 31.7 Å². The molecule has 4 rings (SSSR count). The molecule has 24 heavy (non-hydrogen) atoms. The number of carbonyl (C=O) groups excluding carboxylic acids is 1. The Morgan fingerprint density at radius 1 is 1.50 bits per heavy atom. The predicted molar refractivity (Wildman–Crippen MR) is 97.9 cm³/mol. The molecular formula is C17H17BrN4OS. The molecule has 1 aliphatic carbocycles. The van der Waals surface area contributed by atoms with E-state index in [0.29, 0.717) is 18.3 Å². The molecule has 124 valence electrons. The molecule has 2 aromatic heterocycles. The molecule has 3 atom stereocenters. The van der Waals surface area contributed by atoms with Gasteiger partial charge in [-0.2, -0.15) is 0 Å². The van der Waals surface area contributed by atoms with E-state index >= 15 is 0 Å². The van der Waals surface area contributed by atoms with Gasteiger partial charge in [0.25, 0.3) is 0 Å². The van der Waals surface area contributed by atoms with Gasteiger partial charge in [-0.05, 0) is 47.3 Å². The summed E-state index contributed by atoms with van der Waals surface area (Å²) in [5, 5.41) is 3.95. The maximum Gasteiger partial charge on any atom is 0.220 e. The lowest BCUT2D eigenvalue weighted by molar-refractivity contribution is -0.122. The molecule has 1 fully saturated rings. The minimum Gasteiger partial charge on any atom is -0.347 e. The smallest absolute Gasteiger partial charge is 0.220 e. The number of hydrogen-bond donors (Lipinski definition) is 2. The molecule has 5 nitrogen and oxygen atoms in total. The summed E-state index contributed by atoms with van der Waals surface area (Å²) in [5.74, 6) is 1.83. The molecule has 0 bridgehead atoms. The van der Waals surface area contributed by atoms with Crippen LogP contribution in [-0.2, 0) is 4.79 Å². The van der Waals surface area contributed by atoms with Gasteiger partial charge in [-0.25, -0.2) is 9.97 Å². The van der Waals surface area contributed by atoms with Crippen LogP contribution in [0.1, 0.15) is 42.6 Å². The highest BCUT2D eigenvalue weighted by molar-refractivity contribution is 9.11. The topological polar surface area (TPSA) is 70.7 Å². The monoisotopic (exact) mass is 404 g/mol. The van der Waals surface area contributed by atoms with Gasteiger partial charge in [0.1, 0.15) is 10.8 Å². The third-order valence-electron chi connectivity index (χ3n) is 4.37. The van der Waals surface area contributed by atoms with Gasteiger partial charge in [0.2, 0.25) is 5.91 Å². The second-order valence-electron chi connectivity index (χ2n) is 6.24. The largest absolute Gasteiger partial charge is 0.347 e. The molecule has 1 saturated carbocycles. The number of benzene rings is 1. The fourth-order valence-electron chi connectivity index (χ4n) is 3.02. The molecule has 1 aliphatic rings. The first-order valence-electron chi connectivity index (χ1n) is 7.95. The summed E-state index contributed by atoms with van der Waals surface area (Å²) in [6.45, 7) is 1.97. The number of nitrogens with zero attached hydrogens (tertiary/aromatic N) is 2. The van der Waals surface area contributed by atoms with Crippen molar-refractivity contribution in [3.05, 3.63) is 45.1 Å². The van der Waals surface area contributed by atoms with Crippen molar-refractivity contribution < 1.29 is 4.79 Å². The lowest BCUT2D eigenvalue weighted by atomic mass is 10.2. The Kier molecular flexibility index (Phi) is 4.14. The maximum atomic E-state index is 12.3. The predicted octanol–water partition coefficient (Wildman–Crippen LogP) is 4.15. The molecular weight excluding hydrogens is 388 g/mol. The van der Waals surface area contributed by atoms with Crippen LogP contribution in [0.2, 0.25) is 0 Å². The highest BCUT2D eigenvalue weighted by Crippen LogP contribution is 2.48. The van der Waals surface area contributed by atoms with Gasteiger partial charge in [-0.1, -0.05) is 12.1 Å². The van der Waals surface area contributed by atoms with Crippen molar-refractivity contribution in [3.8, 4) is 0 Å². The van der Waals surface area contributed by atoms with Crippen LogP contribution < -0.4 is 5.32 Å². The van der Waals surface area contributed by atoms with Crippen molar-refractivity contribution in [2.24, 2.45) is 5.92 Å². The van der Waals surface area contributed by atoms with Crippen LogP contribution in [0.3, 0.4) is 0 Å². The van der Waals surface area contributed by atoms with Crippen LogP contribution in [0.25, 0.3) is 11.0 Å². The highest BCUT2D eigenvalue weighted by Gasteiger charge is 2.41. The molecule has 0 radical (unpaired) electrons. The van der Waals surface area contributed by atoms with Crippen molar-refractivity contribution in [2.75, 3.05) is 0 Å². The van der Waals surface area contributed by atoms with Crippen LogP contribution in [0, 0.1) is 5.92 Å². The molecule has 0 saturated heterocycles. The second kappa shape index (κ2) is 6.29. The average Bonchev–Trinajstić information content (AvgIpc) is 2.97. The Morgan fingerprint density at radius 2 is 2.33 bits per heavy atom. The fourth-order valence-corrected chi connectivity index (χ4v) is 4.27. The van der Waals surface area contributed by atoms with Gasteiger partial charge in [0, 0.05) is 12.3 Å². The molecule has 0 aliphatic heterocycles. The molecule has 3 aromatic rings. The zero-order chi connectivity index (χ0) is 16.7. The number of rotatable bonds is 5. The van der Waals surface area contributed by atoms with Crippen LogP contribution in [-0.4, -0.2) is 20.9 Å². The number of nitrogens with one attached hydrogen (secondary N) is 2. The number of imidazole rings is 1. The zero-order valence-corrected chi connectivity index (χ0v) is 15.5. The number of amides is 1. The van der Waals surface area contributed by atoms with Crippen molar-refractivity contribution in [1.82, 2.24) is 20.3 Å². The van der Waals surface area contributed by atoms with Crippen LogP contribution in [0.4, 0.5) is 0 Å². The van der Waals surface area contributed by atoms with Crippen molar-refractivity contribution >= 4 is 44.2 Å². The summed E-state index contributed by atoms with van der Waals surface area (Å²) in [7, 11) is 0. The molecule has 0 spiro atoms. The van der Waals surface area contributed by atoms with Crippen molar-refractivity contribution in [3.63, 3.8) is 0 Å². The van der Waals surface area contributed by atoms with E-state index in [0.717, 1.165) is 32.1 Å². The number of hydrogen-bond acceptors (Lipinski definition) is 4. The quantitative estimate of drug-likeness (QED) is 0.670. The van der Waals surface area contributed by atoms with Gasteiger partial charge in [-0.15, -0.1) is 11.3 Å². The molecule has 0 unspecified atom stereocenters. The van der Waals surface area contributed by atoms with E-state index in [1.807, 2.05) is 31.2 Å². The van der Waals surface area contributed by atoms with E-state index in [-0.39, 0.29) is 11.9 Å². The van der Waals surface area contributed by atoms with Gasteiger partial charge in [0.05, 0.1) is 27.1 Å². The summed E-state index contributed by atoms with van der Waals surface area (Å²) in [5.41, 5.74) is 2.05. The van der Waals surface area contributed by atoms with Crippen LogP contribution in [0.5, 0.6) is 0 Å². The first kappa shape index (κ1) is 15.8. The molecule has 2 heterocycles. The number of halogens is 1. The van der Waals surface area contributed by atoms with Crippen molar-refractivity contribution in [1.29, 1.82) is 0 Å². The van der Waals surface area contributed by atoms with E-state index in [2.05, 4.69) is 36.2 Å². The number of aromatic amines is 1. The summed E-state index contributed by atoms with van der Waals surface area (Å²) in [4.78, 5) is 24.6. The van der Waals surface area contributed by atoms with Gasteiger partial charge >= 0.3 is 0 Å². The Bertz CT molecular complexity index is 856. The lowest BCUT2D eigenvalue weighted by Gasteiger charge is -2.10. The second-order valence-corrected chi connectivity index (χ2v) is 8.68. The van der Waals surface area contributed by atoms with Crippen LogP contribution in [0.15, 0.2) is 34.2 Å². The molecule has 1 amide bonds. The minimum atomic E-state index is -0.0581. The number of thiazole rings is 1. The Morgan fingerprint density at radius 3 is 3.08 bits per heavy atom. The summed E-state index contributed by atoms with van der Waals surface area (Å²) in [6.07, 6.45) is 3.32. The first-order valence-corrected chi connectivity index (χ1v) is 9.56. The van der Waals surface area contributed by atoms with E-state index in [4.69, 9.17) is 0 Å². The molecule has 1 aromatic carbocycles. The first-order chi connectivity index (χ1) is 11.6. The Labute approximate surface area is 152 Å². The number of aromatic nitrogens is 3. The number of H-pyrrole nitrogens is 1. The third kappa shape index (κ3) is 3.23. The standard InChI is InChI=1S/C17H17BrN4OS/c1-9(17-19-8-14(18)24-17)20-15(23)7-10-6-11(10)16-21-12-4-2-3-5-13(12)22-16/h2-5,8-11H,6-7H2,1H3,(H,20,23)(H,21,22)/t9-,10-,11-/m1/s1. The van der Waals surface area contributed by atoms with E-state index in [1.54, 1.807) is 17.5 Å². The lowest BCUT2D eigenvalue weighted by Crippen LogP contribution is -2.26. The highest BCUT2D eigenvalue weighted by atomic mass is 79.9. The molecule has 7 heteroatoms. The third-order valence-corrected chi connectivity index (χ3v) is 6.03. The van der Waals surface area contributed by atoms with Gasteiger partial charge < -0.3 is 10.3 Å². The van der Waals surface area contributed by atoms with Gasteiger partial charge in [-0.3, -0.25) is 4.79 Å². The number of fused-ring (bicyclic) bond motifs is 1. The van der Waals surface area contributed by atoms with E-state index in [9.17, 15) is 4.79 Å². The average molecular weight is 405 g/mol. The number of carbonyl (C=O) groups is 1. The summed E-state index contributed by atoms with van der Waals surface area (Å²) >= 11 is 4.95. The Hall–Kier alpha value is -1.73. The maximum absolute atomic E-state index is 12.3. The Balaban J connectivity index is 1.34. The summed E-state index contributed by atoms with van der Waals surface area (Å²) in [6, 6.07) is 7.97. The zero-order valence-electron chi connectivity index (χ0n) is 13.1. The SMILES string of the molecule is C[C@@H](NC(=O)C[C@H]1C[C@H]1c1nc2ccccc2[nH]1)c1ncc(Br)s1. The van der Waals surface area contributed by atoms with E-state index in [1.165, 1.54) is 0 Å². The minimum absolute atomic E-state index is 0.0581. The fraction of sp³-hybridized carbons (Fsp3) is 0.353. The number of para-hydroxylation sites is 2. The van der Waals surface area contributed by atoms with Gasteiger partial charge in [0.15, 0.2) is 0 Å². The molecule has 2 N–H and O–H groups in total. The normalized spacial score (nSPS) is 20.9. The summed E-state index contributed by atoms with van der Waals surface area (Å²) < 4.78 is 0.978. The van der Waals surface area contributed by atoms with Crippen LogP contribution >= 0.6 is 27.3 Å². The van der Waals surface area contributed by atoms with E-state index < -0.39 is 0 Å².